The number of ether oxygens (including phenoxy) is 4. The predicted molar refractivity (Wildman–Crippen MR) is 407 cm³/mol. The van der Waals surface area contributed by atoms with Crippen LogP contribution >= 0.6 is 0 Å². The van der Waals surface area contributed by atoms with Gasteiger partial charge in [0.15, 0.2) is 12.4 Å². The summed E-state index contributed by atoms with van der Waals surface area (Å²) in [4.78, 5) is 37.6. The predicted octanol–water partition coefficient (Wildman–Crippen LogP) is 23.9. The molecule has 9 nitrogen and oxygen atoms in total. The highest BCUT2D eigenvalue weighted by atomic mass is 16.7. The molecule has 0 rings (SSSR count). The fourth-order valence-electron chi connectivity index (χ4n) is 11.0. The molecule has 0 heterocycles. The van der Waals surface area contributed by atoms with Gasteiger partial charge in [-0.3, -0.25) is 9.59 Å². The average molecular weight is 1320 g/mol. The van der Waals surface area contributed by atoms with Gasteiger partial charge in [0.05, 0.1) is 40.3 Å². The molecule has 0 N–H and O–H groups in total. The van der Waals surface area contributed by atoms with Crippen molar-refractivity contribution in [2.24, 2.45) is 0 Å². The van der Waals surface area contributed by atoms with Crippen LogP contribution in [0.5, 0.6) is 0 Å². The third-order valence-corrected chi connectivity index (χ3v) is 16.9. The van der Waals surface area contributed by atoms with Crippen LogP contribution in [-0.2, 0) is 33.3 Å². The van der Waals surface area contributed by atoms with Crippen LogP contribution in [0.3, 0.4) is 0 Å². The SMILES string of the molecule is CC/C=C\C/C=C\C/C=C\C/C=C\C/C=C\C/C=C\CCCCCCCCCCCCCCC(=O)OC(COC(=O)CCCCCCCCCCCCCCCCCCCCCCCCC/C=C\C/C=C\C/C=C\C/C=C\C/C=C\CC)COC(OCC[N+](C)(C)C)C(=O)[O-]. The number of likely N-dealkylation sites (N-methyl/N-ethyl adjacent to an activating group) is 1. The summed E-state index contributed by atoms with van der Waals surface area (Å²) in [6, 6.07) is 0. The highest BCUT2D eigenvalue weighted by Gasteiger charge is 2.22. The standard InChI is InChI=1S/C86H147NO8/c1-6-8-10-12-14-16-18-20-22-24-26-28-30-32-34-36-38-39-40-41-42-43-44-45-47-48-50-52-54-56-58-60-62-64-66-68-70-72-74-76-83(88)93-80-82(81-94-86(85(90)91)92-79-78-87(3,4)5)95-84(89)77-75-73-71-69-67-65-63-61-59-57-55-53-51-49-46-37-35-33-31-29-27-25-23-21-19-17-15-13-11-9-7-2/h8-11,14-17,20-23,26-29,32-35,46,49,82,86H,6-7,12-13,18-19,24-25,30-31,36-45,47-48,50-81H2,1-5H3/b10-8-,11-9-,16-14-,17-15-,22-20-,23-21-,28-26-,29-27-,34-32-,35-33-,49-46-. The van der Waals surface area contributed by atoms with Crippen LogP contribution in [0.4, 0.5) is 0 Å². The van der Waals surface area contributed by atoms with E-state index in [1.165, 1.54) is 193 Å². The summed E-state index contributed by atoms with van der Waals surface area (Å²) in [5.41, 5.74) is 0. The van der Waals surface area contributed by atoms with Gasteiger partial charge < -0.3 is 33.3 Å². The Kier molecular flexibility index (Phi) is 71.6. The quantitative estimate of drug-likeness (QED) is 0.0195. The van der Waals surface area contributed by atoms with Crippen LogP contribution in [-0.4, -0.2) is 82.3 Å². The first-order chi connectivity index (χ1) is 46.6. The molecule has 0 aromatic rings. The van der Waals surface area contributed by atoms with Gasteiger partial charge in [-0.05, 0) is 109 Å². The van der Waals surface area contributed by atoms with E-state index in [4.69, 9.17) is 18.9 Å². The molecular weight excluding hydrogens is 1170 g/mol. The minimum absolute atomic E-state index is 0.144. The van der Waals surface area contributed by atoms with E-state index < -0.39 is 24.3 Å². The number of esters is 2. The van der Waals surface area contributed by atoms with E-state index in [9.17, 15) is 19.5 Å². The maximum Gasteiger partial charge on any atom is 0.306 e. The summed E-state index contributed by atoms with van der Waals surface area (Å²) in [5, 5.41) is 11.9. The largest absolute Gasteiger partial charge is 0.545 e. The van der Waals surface area contributed by atoms with E-state index in [1.54, 1.807) is 0 Å². The van der Waals surface area contributed by atoms with E-state index in [1.807, 2.05) is 21.1 Å². The number of carbonyl (C=O) groups excluding carboxylic acids is 3. The second kappa shape index (κ2) is 75.2. The van der Waals surface area contributed by atoms with Gasteiger partial charge in [-0.2, -0.15) is 0 Å². The molecule has 0 amide bonds. The Morgan fingerprint density at radius 3 is 0.842 bits per heavy atom. The van der Waals surface area contributed by atoms with Gasteiger partial charge in [0.25, 0.3) is 0 Å². The Labute approximate surface area is 586 Å². The number of hydrogen-bond acceptors (Lipinski definition) is 8. The van der Waals surface area contributed by atoms with Crippen LogP contribution in [0.25, 0.3) is 0 Å². The fraction of sp³-hybridized carbons (Fsp3) is 0.709. The second-order valence-electron chi connectivity index (χ2n) is 27.2. The van der Waals surface area contributed by atoms with Crippen molar-refractivity contribution in [2.45, 2.75) is 347 Å². The third-order valence-electron chi connectivity index (χ3n) is 16.9. The first kappa shape index (κ1) is 90.4. The van der Waals surface area contributed by atoms with Gasteiger partial charge in [0.2, 0.25) is 0 Å². The number of aliphatic carboxylic acids is 1. The first-order valence-corrected chi connectivity index (χ1v) is 39.3. The van der Waals surface area contributed by atoms with Crippen molar-refractivity contribution in [1.29, 1.82) is 0 Å². The molecule has 0 bridgehead atoms. The summed E-state index contributed by atoms with van der Waals surface area (Å²) in [6.07, 6.45) is 106. The fourth-order valence-corrected chi connectivity index (χ4v) is 11.0. The minimum atomic E-state index is -1.63. The summed E-state index contributed by atoms with van der Waals surface area (Å²) in [7, 11) is 5.94. The number of unbranched alkanes of at least 4 members (excludes halogenated alkanes) is 35. The zero-order chi connectivity index (χ0) is 69.0. The molecule has 0 aliphatic rings. The van der Waals surface area contributed by atoms with Crippen molar-refractivity contribution < 1.29 is 42.9 Å². The van der Waals surface area contributed by atoms with Gasteiger partial charge in [0, 0.05) is 12.8 Å². The molecule has 0 saturated heterocycles. The lowest BCUT2D eigenvalue weighted by atomic mass is 10.0. The van der Waals surface area contributed by atoms with Crippen molar-refractivity contribution >= 4 is 17.9 Å². The number of quaternary nitrogens is 1. The first-order valence-electron chi connectivity index (χ1n) is 39.3. The molecule has 9 heteroatoms. The molecule has 2 unspecified atom stereocenters. The van der Waals surface area contributed by atoms with Crippen LogP contribution in [0.1, 0.15) is 335 Å². The third kappa shape index (κ3) is 76.7. The zero-order valence-corrected chi connectivity index (χ0v) is 62.3. The molecular formula is C86H147NO8. The maximum absolute atomic E-state index is 13.0. The lowest BCUT2D eigenvalue weighted by Gasteiger charge is -2.26. The zero-order valence-electron chi connectivity index (χ0n) is 62.3. The maximum atomic E-state index is 13.0. The Morgan fingerprint density at radius 2 is 0.568 bits per heavy atom. The van der Waals surface area contributed by atoms with Crippen molar-refractivity contribution in [3.63, 3.8) is 0 Å². The second-order valence-corrected chi connectivity index (χ2v) is 27.2. The molecule has 0 fully saturated rings. The van der Waals surface area contributed by atoms with Crippen molar-refractivity contribution in [3.05, 3.63) is 134 Å². The number of rotatable bonds is 72. The molecule has 0 radical (unpaired) electrons. The summed E-state index contributed by atoms with van der Waals surface area (Å²) in [5.74, 6) is -2.28. The molecule has 544 valence electrons. The Balaban J connectivity index is 4.02. The molecule has 0 spiro atoms. The molecule has 0 aliphatic heterocycles. The normalized spacial score (nSPS) is 13.4. The summed E-state index contributed by atoms with van der Waals surface area (Å²) < 4.78 is 22.9. The molecule has 0 aromatic carbocycles. The molecule has 2 atom stereocenters. The number of carboxylic acid groups (broad SMARTS) is 1. The Bertz CT molecular complexity index is 2030. The number of carboxylic acids is 1. The topological polar surface area (TPSA) is 111 Å². The Morgan fingerprint density at radius 1 is 0.316 bits per heavy atom. The van der Waals surface area contributed by atoms with E-state index in [2.05, 4.69) is 148 Å². The average Bonchev–Trinajstić information content (AvgIpc) is 3.24. The van der Waals surface area contributed by atoms with Gasteiger partial charge in [-0.25, -0.2) is 0 Å². The van der Waals surface area contributed by atoms with Crippen molar-refractivity contribution in [2.75, 3.05) is 47.5 Å². The van der Waals surface area contributed by atoms with Crippen molar-refractivity contribution in [1.82, 2.24) is 0 Å². The molecule has 95 heavy (non-hydrogen) atoms. The monoisotopic (exact) mass is 1320 g/mol. The Hall–Kier alpha value is -4.57. The number of carbonyl (C=O) groups is 3. The van der Waals surface area contributed by atoms with Gasteiger partial charge in [-0.15, -0.1) is 0 Å². The van der Waals surface area contributed by atoms with Gasteiger partial charge in [0.1, 0.15) is 13.2 Å². The van der Waals surface area contributed by atoms with E-state index >= 15 is 0 Å². The van der Waals surface area contributed by atoms with Gasteiger partial charge >= 0.3 is 11.9 Å². The summed E-state index contributed by atoms with van der Waals surface area (Å²) >= 11 is 0. The van der Waals surface area contributed by atoms with Crippen LogP contribution < -0.4 is 5.11 Å². The highest BCUT2D eigenvalue weighted by molar-refractivity contribution is 5.70. The lowest BCUT2D eigenvalue weighted by Crippen LogP contribution is -2.44. The number of allylic oxidation sites excluding steroid dienone is 22. The van der Waals surface area contributed by atoms with E-state index in [0.717, 1.165) is 109 Å². The van der Waals surface area contributed by atoms with E-state index in [-0.39, 0.29) is 32.2 Å². The van der Waals surface area contributed by atoms with Crippen LogP contribution in [0, 0.1) is 0 Å². The van der Waals surface area contributed by atoms with Crippen molar-refractivity contribution in [3.8, 4) is 0 Å². The van der Waals surface area contributed by atoms with Crippen LogP contribution in [0.2, 0.25) is 0 Å². The highest BCUT2D eigenvalue weighted by Crippen LogP contribution is 2.18. The van der Waals surface area contributed by atoms with Crippen LogP contribution in [0.15, 0.2) is 134 Å². The molecule has 0 aliphatic carbocycles. The van der Waals surface area contributed by atoms with E-state index in [0.29, 0.717) is 23.9 Å². The summed E-state index contributed by atoms with van der Waals surface area (Å²) in [6.45, 7) is 4.55. The number of hydrogen-bond donors (Lipinski definition) is 0. The lowest BCUT2D eigenvalue weighted by molar-refractivity contribution is -0.870. The smallest absolute Gasteiger partial charge is 0.306 e. The van der Waals surface area contributed by atoms with Gasteiger partial charge in [-0.1, -0.05) is 347 Å². The molecule has 0 saturated carbocycles. The number of nitrogens with zero attached hydrogens (tertiary/aromatic N) is 1. The molecule has 0 aromatic heterocycles. The minimum Gasteiger partial charge on any atom is -0.545 e.